The van der Waals surface area contributed by atoms with Gasteiger partial charge in [0.2, 0.25) is 0 Å². The van der Waals surface area contributed by atoms with Crippen LogP contribution in [-0.2, 0) is 0 Å². The van der Waals surface area contributed by atoms with E-state index in [1.165, 1.54) is 11.8 Å². The van der Waals surface area contributed by atoms with E-state index in [0.717, 1.165) is 14.4 Å². The number of nitrogens with two attached hydrogens (primary N) is 1. The van der Waals surface area contributed by atoms with Crippen molar-refractivity contribution in [3.8, 4) is 0 Å². The Hall–Kier alpha value is -0.710. The molecule has 1 aromatic carbocycles. The van der Waals surface area contributed by atoms with Crippen LogP contribution in [0.5, 0.6) is 0 Å². The molecule has 0 aliphatic rings. The van der Waals surface area contributed by atoms with Crippen LogP contribution in [0.1, 0.15) is 0 Å². The molecule has 1 heterocycles. The Balaban J connectivity index is 2.27. The van der Waals surface area contributed by atoms with Gasteiger partial charge >= 0.3 is 0 Å². The van der Waals surface area contributed by atoms with Crippen molar-refractivity contribution in [2.75, 3.05) is 5.73 Å². The number of pyridine rings is 1. The van der Waals surface area contributed by atoms with Crippen LogP contribution in [0.4, 0.5) is 5.69 Å². The number of hydrogen-bond acceptors (Lipinski definition) is 3. The molecule has 16 heavy (non-hydrogen) atoms. The molecule has 0 radical (unpaired) electrons. The van der Waals surface area contributed by atoms with Gasteiger partial charge in [-0.05, 0) is 24.3 Å². The Morgan fingerprint density at radius 2 is 2.12 bits per heavy atom. The van der Waals surface area contributed by atoms with Crippen molar-refractivity contribution in [3.63, 3.8) is 0 Å². The molecule has 0 saturated heterocycles. The third kappa shape index (κ3) is 2.90. The van der Waals surface area contributed by atoms with Gasteiger partial charge in [0.05, 0.1) is 16.9 Å². The lowest BCUT2D eigenvalue weighted by Crippen LogP contribution is -1.88. The predicted octanol–water partition coefficient (Wildman–Crippen LogP) is 4.23. The van der Waals surface area contributed by atoms with Crippen LogP contribution in [-0.4, -0.2) is 4.98 Å². The van der Waals surface area contributed by atoms with E-state index in [-0.39, 0.29) is 0 Å². The van der Waals surface area contributed by atoms with E-state index in [9.17, 15) is 0 Å². The van der Waals surface area contributed by atoms with Crippen LogP contribution in [0.15, 0.2) is 50.9 Å². The molecule has 0 atom stereocenters. The summed E-state index contributed by atoms with van der Waals surface area (Å²) in [5.74, 6) is 0. The molecule has 2 N–H and O–H groups in total. The zero-order chi connectivity index (χ0) is 11.5. The zero-order valence-electron chi connectivity index (χ0n) is 8.15. The molecule has 2 aromatic rings. The number of nitrogen functional groups attached to an aromatic ring is 1. The lowest BCUT2D eigenvalue weighted by atomic mass is 10.4. The molecular weight excluding hydrogens is 308 g/mol. The first kappa shape index (κ1) is 11.8. The van der Waals surface area contributed by atoms with E-state index in [2.05, 4.69) is 20.9 Å². The summed E-state index contributed by atoms with van der Waals surface area (Å²) in [6.07, 6.45) is 1.60. The molecule has 0 amide bonds. The van der Waals surface area contributed by atoms with E-state index in [0.29, 0.717) is 10.7 Å². The van der Waals surface area contributed by atoms with E-state index in [1.54, 1.807) is 12.3 Å². The van der Waals surface area contributed by atoms with Gasteiger partial charge in [0.25, 0.3) is 0 Å². The highest BCUT2D eigenvalue weighted by Crippen LogP contribution is 2.33. The molecule has 0 spiro atoms. The van der Waals surface area contributed by atoms with Gasteiger partial charge in [-0.3, -0.25) is 0 Å². The van der Waals surface area contributed by atoms with Crippen molar-refractivity contribution in [1.82, 2.24) is 4.98 Å². The number of hydrogen-bond donors (Lipinski definition) is 1. The van der Waals surface area contributed by atoms with Gasteiger partial charge in [-0.2, -0.15) is 0 Å². The van der Waals surface area contributed by atoms with Crippen molar-refractivity contribution >= 4 is 45.0 Å². The van der Waals surface area contributed by atoms with Crippen molar-refractivity contribution < 1.29 is 0 Å². The number of nitrogens with zero attached hydrogens (tertiary/aromatic N) is 1. The Bertz CT molecular complexity index is 519. The summed E-state index contributed by atoms with van der Waals surface area (Å²) >= 11 is 11.0. The molecular formula is C11H8BrClN2S. The fourth-order valence-corrected chi connectivity index (χ4v) is 2.82. The third-order valence-corrected chi connectivity index (χ3v) is 3.74. The summed E-state index contributed by atoms with van der Waals surface area (Å²) < 4.78 is 1.03. The minimum atomic E-state index is 0.573. The smallest absolute Gasteiger partial charge is 0.120 e. The summed E-state index contributed by atoms with van der Waals surface area (Å²) in [5.41, 5.74) is 6.15. The van der Waals surface area contributed by atoms with Gasteiger partial charge < -0.3 is 5.73 Å². The second-order valence-corrected chi connectivity index (χ2v) is 5.50. The van der Waals surface area contributed by atoms with E-state index in [1.807, 2.05) is 24.3 Å². The maximum atomic E-state index is 6.04. The number of benzene rings is 1. The molecule has 82 valence electrons. The lowest BCUT2D eigenvalue weighted by molar-refractivity contribution is 1.14. The highest BCUT2D eigenvalue weighted by Gasteiger charge is 2.05. The van der Waals surface area contributed by atoms with Crippen LogP contribution in [0.25, 0.3) is 0 Å². The Kier molecular flexibility index (Phi) is 3.74. The second-order valence-electron chi connectivity index (χ2n) is 3.12. The Morgan fingerprint density at radius 3 is 2.81 bits per heavy atom. The molecule has 2 rings (SSSR count). The molecule has 0 aliphatic carbocycles. The van der Waals surface area contributed by atoms with Gasteiger partial charge in [0.1, 0.15) is 5.03 Å². The molecule has 0 bridgehead atoms. The average Bonchev–Trinajstić information content (AvgIpc) is 2.22. The monoisotopic (exact) mass is 314 g/mol. The maximum Gasteiger partial charge on any atom is 0.120 e. The molecule has 0 unspecified atom stereocenters. The predicted molar refractivity (Wildman–Crippen MR) is 71.9 cm³/mol. The highest BCUT2D eigenvalue weighted by molar-refractivity contribution is 9.10. The van der Waals surface area contributed by atoms with E-state index >= 15 is 0 Å². The first-order chi connectivity index (χ1) is 7.65. The van der Waals surface area contributed by atoms with Crippen LogP contribution >= 0.6 is 39.3 Å². The molecule has 2 nitrogen and oxygen atoms in total. The minimum absolute atomic E-state index is 0.573. The number of aromatic nitrogens is 1. The fraction of sp³-hybridized carbons (Fsp3) is 0. The Labute approximate surface area is 111 Å². The third-order valence-electron chi connectivity index (χ3n) is 1.84. The van der Waals surface area contributed by atoms with Gasteiger partial charge in [0, 0.05) is 9.37 Å². The molecule has 0 fully saturated rings. The van der Waals surface area contributed by atoms with Crippen molar-refractivity contribution in [2.24, 2.45) is 0 Å². The number of halogens is 2. The molecule has 0 aliphatic heterocycles. The lowest BCUT2D eigenvalue weighted by Gasteiger charge is -2.04. The standard InChI is InChI=1S/C11H8BrClN2S/c12-7-2-1-3-9(4-7)16-11-10(13)5-8(14)6-15-11/h1-6H,14H2. The quantitative estimate of drug-likeness (QED) is 0.901. The second kappa shape index (κ2) is 5.08. The maximum absolute atomic E-state index is 6.04. The molecule has 0 saturated carbocycles. The number of rotatable bonds is 2. The topological polar surface area (TPSA) is 38.9 Å². The normalized spacial score (nSPS) is 10.4. The van der Waals surface area contributed by atoms with Gasteiger partial charge in [-0.25, -0.2) is 4.98 Å². The molecule has 5 heteroatoms. The van der Waals surface area contributed by atoms with Crippen molar-refractivity contribution in [1.29, 1.82) is 0 Å². The largest absolute Gasteiger partial charge is 0.397 e. The van der Waals surface area contributed by atoms with Crippen LogP contribution in [0.2, 0.25) is 5.02 Å². The summed E-state index contributed by atoms with van der Waals surface area (Å²) in [4.78, 5) is 5.27. The summed E-state index contributed by atoms with van der Waals surface area (Å²) in [6, 6.07) is 9.66. The van der Waals surface area contributed by atoms with Crippen molar-refractivity contribution in [2.45, 2.75) is 9.92 Å². The number of anilines is 1. The average molecular weight is 316 g/mol. The van der Waals surface area contributed by atoms with Gasteiger partial charge in [-0.15, -0.1) is 0 Å². The summed E-state index contributed by atoms with van der Waals surface area (Å²) in [5, 5.41) is 1.33. The van der Waals surface area contributed by atoms with E-state index < -0.39 is 0 Å². The van der Waals surface area contributed by atoms with Gasteiger partial charge in [-0.1, -0.05) is 45.4 Å². The first-order valence-electron chi connectivity index (χ1n) is 4.49. The SMILES string of the molecule is Nc1cnc(Sc2cccc(Br)c2)c(Cl)c1. The van der Waals surface area contributed by atoms with Crippen LogP contribution < -0.4 is 5.73 Å². The van der Waals surface area contributed by atoms with E-state index in [4.69, 9.17) is 17.3 Å². The minimum Gasteiger partial charge on any atom is -0.397 e. The summed E-state index contributed by atoms with van der Waals surface area (Å²) in [6.45, 7) is 0. The fourth-order valence-electron chi connectivity index (χ4n) is 1.16. The summed E-state index contributed by atoms with van der Waals surface area (Å²) in [7, 11) is 0. The zero-order valence-corrected chi connectivity index (χ0v) is 11.3. The van der Waals surface area contributed by atoms with Crippen molar-refractivity contribution in [3.05, 3.63) is 46.0 Å². The Morgan fingerprint density at radius 1 is 1.31 bits per heavy atom. The van der Waals surface area contributed by atoms with Gasteiger partial charge in [0.15, 0.2) is 0 Å². The first-order valence-corrected chi connectivity index (χ1v) is 6.48. The van der Waals surface area contributed by atoms with Crippen LogP contribution in [0.3, 0.4) is 0 Å². The van der Waals surface area contributed by atoms with Crippen LogP contribution in [0, 0.1) is 0 Å². The molecule has 1 aromatic heterocycles. The highest BCUT2D eigenvalue weighted by atomic mass is 79.9.